The van der Waals surface area contributed by atoms with E-state index < -0.39 is 12.3 Å². The van der Waals surface area contributed by atoms with Gasteiger partial charge in [-0.1, -0.05) is 18.7 Å². The number of hydrogen-bond donors (Lipinski definition) is 1. The van der Waals surface area contributed by atoms with Crippen LogP contribution in [0.1, 0.15) is 24.8 Å². The number of ether oxygens (including phenoxy) is 7. The minimum atomic E-state index is -0.657. The van der Waals surface area contributed by atoms with Crippen molar-refractivity contribution in [1.29, 1.82) is 0 Å². The van der Waals surface area contributed by atoms with Crippen LogP contribution in [-0.2, 0) is 28.5 Å². The molecule has 1 aromatic rings. The van der Waals surface area contributed by atoms with Crippen molar-refractivity contribution in [2.24, 2.45) is 5.92 Å². The highest BCUT2D eigenvalue weighted by atomic mass is 16.7. The largest absolute Gasteiger partial charge is 0.457 e. The second-order valence-corrected chi connectivity index (χ2v) is 7.40. The second-order valence-electron chi connectivity index (χ2n) is 7.40. The van der Waals surface area contributed by atoms with Gasteiger partial charge in [0.2, 0.25) is 18.8 Å². The van der Waals surface area contributed by atoms with Gasteiger partial charge in [-0.05, 0) is 37.1 Å². The highest BCUT2D eigenvalue weighted by molar-refractivity contribution is 5.86. The van der Waals surface area contributed by atoms with Crippen LogP contribution in [0.15, 0.2) is 42.7 Å². The van der Waals surface area contributed by atoms with Gasteiger partial charge in [0.25, 0.3) is 0 Å². The maximum atomic E-state index is 12.5. The molecule has 1 aromatic carbocycles. The predicted octanol–water partition coefficient (Wildman–Crippen LogP) is 2.54. The number of rotatable bonds is 14. The lowest BCUT2D eigenvalue weighted by atomic mass is 9.81. The quantitative estimate of drug-likeness (QED) is 0.253. The van der Waals surface area contributed by atoms with E-state index >= 15 is 0 Å². The van der Waals surface area contributed by atoms with Crippen LogP contribution in [0.3, 0.4) is 0 Å². The molecule has 0 unspecified atom stereocenters. The van der Waals surface area contributed by atoms with E-state index in [9.17, 15) is 4.79 Å². The van der Waals surface area contributed by atoms with Gasteiger partial charge in [0.1, 0.15) is 6.61 Å². The average Bonchev–Trinajstić information content (AvgIpc) is 3.30. The van der Waals surface area contributed by atoms with E-state index in [2.05, 4.69) is 6.58 Å². The van der Waals surface area contributed by atoms with E-state index in [1.807, 2.05) is 25.1 Å². The lowest BCUT2D eigenvalue weighted by molar-refractivity contribution is -0.176. The molecule has 0 spiro atoms. The fourth-order valence-corrected chi connectivity index (χ4v) is 3.74. The van der Waals surface area contributed by atoms with E-state index in [0.717, 1.165) is 5.56 Å². The highest BCUT2D eigenvalue weighted by Gasteiger charge is 2.39. The van der Waals surface area contributed by atoms with Crippen LogP contribution in [0.25, 0.3) is 0 Å². The number of esters is 1. The molecule has 1 N–H and O–H groups in total. The van der Waals surface area contributed by atoms with Crippen molar-refractivity contribution in [2.75, 3.05) is 53.0 Å². The molecule has 182 valence electrons. The summed E-state index contributed by atoms with van der Waals surface area (Å²) in [5, 5.41) is 8.77. The Balaban J connectivity index is 1.79. The SMILES string of the molecule is C=CCOC(=O)C1=C[C@H](c2ccc3c(c2)OCO3)[C@@H](CCOCCOCCO)[C@H](OCC)O1. The van der Waals surface area contributed by atoms with E-state index in [1.165, 1.54) is 6.08 Å². The summed E-state index contributed by atoms with van der Waals surface area (Å²) in [6, 6.07) is 5.73. The number of aliphatic hydroxyl groups excluding tert-OH is 1. The van der Waals surface area contributed by atoms with Gasteiger partial charge in [-0.15, -0.1) is 0 Å². The minimum absolute atomic E-state index is 0.0173. The van der Waals surface area contributed by atoms with Gasteiger partial charge in [-0.2, -0.15) is 0 Å². The number of benzene rings is 1. The fraction of sp³-hybridized carbons (Fsp3) is 0.542. The summed E-state index contributed by atoms with van der Waals surface area (Å²) in [4.78, 5) is 12.5. The van der Waals surface area contributed by atoms with Gasteiger partial charge in [0.05, 0.1) is 26.4 Å². The second kappa shape index (κ2) is 13.2. The van der Waals surface area contributed by atoms with Crippen molar-refractivity contribution >= 4 is 5.97 Å². The molecule has 9 heteroatoms. The maximum Gasteiger partial charge on any atom is 0.373 e. The Morgan fingerprint density at radius 2 is 1.97 bits per heavy atom. The summed E-state index contributed by atoms with van der Waals surface area (Å²) in [5.74, 6) is 0.551. The molecule has 0 fully saturated rings. The van der Waals surface area contributed by atoms with Crippen LogP contribution in [0, 0.1) is 5.92 Å². The van der Waals surface area contributed by atoms with Crippen LogP contribution in [0.4, 0.5) is 0 Å². The van der Waals surface area contributed by atoms with Crippen molar-refractivity contribution in [3.05, 3.63) is 48.3 Å². The van der Waals surface area contributed by atoms with Crippen LogP contribution in [0.5, 0.6) is 11.5 Å². The predicted molar refractivity (Wildman–Crippen MR) is 118 cm³/mol. The first kappa shape index (κ1) is 25.0. The molecular formula is C24H32O9. The van der Waals surface area contributed by atoms with Gasteiger partial charge in [0.15, 0.2) is 11.5 Å². The molecule has 3 rings (SSSR count). The summed E-state index contributed by atoms with van der Waals surface area (Å²) < 4.78 is 38.9. The monoisotopic (exact) mass is 464 g/mol. The number of allylic oxidation sites excluding steroid dienone is 1. The molecular weight excluding hydrogens is 432 g/mol. The number of fused-ring (bicyclic) bond motifs is 1. The van der Waals surface area contributed by atoms with Crippen LogP contribution in [0.2, 0.25) is 0 Å². The summed E-state index contributed by atoms with van der Waals surface area (Å²) in [5.41, 5.74) is 0.942. The molecule has 0 aliphatic carbocycles. The van der Waals surface area contributed by atoms with E-state index in [-0.39, 0.29) is 44.2 Å². The third kappa shape index (κ3) is 6.94. The zero-order valence-electron chi connectivity index (χ0n) is 18.9. The molecule has 2 aliphatic rings. The molecule has 0 saturated carbocycles. The molecule has 2 heterocycles. The zero-order valence-corrected chi connectivity index (χ0v) is 18.9. The standard InChI is InChI=1S/C24H32O9/c1-3-9-30-23(26)22-15-19(17-5-6-20-21(14-17)32-16-31-20)18(24(33-22)29-4-2)7-10-27-12-13-28-11-8-25/h3,5-6,14-15,18-19,24-25H,1,4,7-13,16H2,2H3/t18-,19-,24-/m1/s1. The average molecular weight is 465 g/mol. The lowest BCUT2D eigenvalue weighted by Crippen LogP contribution is -2.37. The van der Waals surface area contributed by atoms with Gasteiger partial charge in [-0.3, -0.25) is 0 Å². The Bertz CT molecular complexity index is 807. The van der Waals surface area contributed by atoms with Crippen LogP contribution >= 0.6 is 0 Å². The highest BCUT2D eigenvalue weighted by Crippen LogP contribution is 2.42. The summed E-state index contributed by atoms with van der Waals surface area (Å²) >= 11 is 0. The fourth-order valence-electron chi connectivity index (χ4n) is 3.74. The number of carbonyl (C=O) groups excluding carboxylic acids is 1. The van der Waals surface area contributed by atoms with E-state index in [4.69, 9.17) is 38.3 Å². The van der Waals surface area contributed by atoms with E-state index in [0.29, 0.717) is 44.3 Å². The molecule has 0 aromatic heterocycles. The number of carbonyl (C=O) groups is 1. The smallest absolute Gasteiger partial charge is 0.373 e. The molecule has 3 atom stereocenters. The normalized spacial score (nSPS) is 21.3. The van der Waals surface area contributed by atoms with Gasteiger partial charge >= 0.3 is 5.97 Å². The molecule has 9 nitrogen and oxygen atoms in total. The van der Waals surface area contributed by atoms with Crippen LogP contribution < -0.4 is 9.47 Å². The van der Waals surface area contributed by atoms with Crippen molar-refractivity contribution in [1.82, 2.24) is 0 Å². The summed E-state index contributed by atoms with van der Waals surface area (Å²) in [6.07, 6.45) is 3.24. The Morgan fingerprint density at radius 1 is 1.18 bits per heavy atom. The van der Waals surface area contributed by atoms with E-state index in [1.54, 1.807) is 6.08 Å². The van der Waals surface area contributed by atoms with Gasteiger partial charge in [-0.25, -0.2) is 4.79 Å². The zero-order chi connectivity index (χ0) is 23.5. The topological polar surface area (TPSA) is 102 Å². The number of aliphatic hydroxyl groups is 1. The summed E-state index contributed by atoms with van der Waals surface area (Å²) in [6.45, 7) is 7.66. The van der Waals surface area contributed by atoms with Crippen molar-refractivity contribution in [3.63, 3.8) is 0 Å². The van der Waals surface area contributed by atoms with Crippen molar-refractivity contribution in [3.8, 4) is 11.5 Å². The van der Waals surface area contributed by atoms with Gasteiger partial charge < -0.3 is 38.3 Å². The third-order valence-electron chi connectivity index (χ3n) is 5.23. The molecule has 2 aliphatic heterocycles. The number of hydrogen-bond acceptors (Lipinski definition) is 9. The molecule has 0 saturated heterocycles. The molecule has 0 radical (unpaired) electrons. The summed E-state index contributed by atoms with van der Waals surface area (Å²) in [7, 11) is 0. The molecule has 0 amide bonds. The first-order valence-electron chi connectivity index (χ1n) is 11.1. The molecule has 33 heavy (non-hydrogen) atoms. The minimum Gasteiger partial charge on any atom is -0.457 e. The lowest BCUT2D eigenvalue weighted by Gasteiger charge is -2.36. The Morgan fingerprint density at radius 3 is 2.73 bits per heavy atom. The van der Waals surface area contributed by atoms with Crippen LogP contribution in [-0.4, -0.2) is 70.4 Å². The maximum absolute atomic E-state index is 12.5. The first-order valence-corrected chi connectivity index (χ1v) is 11.1. The molecule has 0 bridgehead atoms. The van der Waals surface area contributed by atoms with Crippen molar-refractivity contribution in [2.45, 2.75) is 25.6 Å². The Labute approximate surface area is 193 Å². The van der Waals surface area contributed by atoms with Gasteiger partial charge in [0, 0.05) is 25.0 Å². The third-order valence-corrected chi connectivity index (χ3v) is 5.23. The van der Waals surface area contributed by atoms with Crippen molar-refractivity contribution < 1.29 is 43.1 Å². The first-order chi connectivity index (χ1) is 16.2. The Kier molecular flexibility index (Phi) is 10.0. The Hall–Kier alpha value is -2.59.